The second-order valence-corrected chi connectivity index (χ2v) is 5.15. The smallest absolute Gasteiger partial charge is 0.337 e. The van der Waals surface area contributed by atoms with Gasteiger partial charge < -0.3 is 15.4 Å². The molecule has 2 N–H and O–H groups in total. The van der Waals surface area contributed by atoms with Gasteiger partial charge in [-0.15, -0.1) is 0 Å². The Morgan fingerprint density at radius 3 is 2.55 bits per heavy atom. The van der Waals surface area contributed by atoms with Gasteiger partial charge >= 0.3 is 5.97 Å². The lowest BCUT2D eigenvalue weighted by Crippen LogP contribution is -2.33. The summed E-state index contributed by atoms with van der Waals surface area (Å²) in [6.45, 7) is 4.19. The third-order valence-corrected chi connectivity index (χ3v) is 3.70. The number of benzene rings is 1. The molecule has 0 radical (unpaired) electrons. The Hall–Kier alpha value is -1.88. The average molecular weight is 276 g/mol. The van der Waals surface area contributed by atoms with Crippen molar-refractivity contribution in [3.05, 3.63) is 35.4 Å². The van der Waals surface area contributed by atoms with Crippen molar-refractivity contribution in [2.45, 2.75) is 13.5 Å². The molecular formula is C15H20N2O3. The van der Waals surface area contributed by atoms with Crippen molar-refractivity contribution in [2.24, 2.45) is 11.8 Å². The number of amides is 1. The van der Waals surface area contributed by atoms with Gasteiger partial charge in [0.25, 0.3) is 0 Å². The van der Waals surface area contributed by atoms with E-state index in [0.29, 0.717) is 18.0 Å². The summed E-state index contributed by atoms with van der Waals surface area (Å²) in [5, 5.41) is 6.15. The van der Waals surface area contributed by atoms with Gasteiger partial charge in [0.15, 0.2) is 0 Å². The summed E-state index contributed by atoms with van der Waals surface area (Å²) in [4.78, 5) is 23.3. The molecule has 0 aromatic heterocycles. The van der Waals surface area contributed by atoms with E-state index in [4.69, 9.17) is 0 Å². The van der Waals surface area contributed by atoms with Crippen LogP contribution in [0.3, 0.4) is 0 Å². The van der Waals surface area contributed by atoms with Crippen molar-refractivity contribution >= 4 is 11.9 Å². The largest absolute Gasteiger partial charge is 0.465 e. The van der Waals surface area contributed by atoms with Gasteiger partial charge in [0.1, 0.15) is 0 Å². The van der Waals surface area contributed by atoms with Crippen LogP contribution < -0.4 is 10.6 Å². The minimum atomic E-state index is -0.355. The van der Waals surface area contributed by atoms with E-state index in [1.807, 2.05) is 12.1 Å². The van der Waals surface area contributed by atoms with Crippen molar-refractivity contribution < 1.29 is 14.3 Å². The predicted molar refractivity (Wildman–Crippen MR) is 75.2 cm³/mol. The van der Waals surface area contributed by atoms with Crippen molar-refractivity contribution in [1.82, 2.24) is 10.6 Å². The molecule has 20 heavy (non-hydrogen) atoms. The van der Waals surface area contributed by atoms with Crippen LogP contribution in [-0.4, -0.2) is 32.1 Å². The quantitative estimate of drug-likeness (QED) is 0.803. The lowest BCUT2D eigenvalue weighted by atomic mass is 9.97. The average Bonchev–Trinajstić information content (AvgIpc) is 2.90. The summed E-state index contributed by atoms with van der Waals surface area (Å²) in [7, 11) is 1.35. The first-order valence-corrected chi connectivity index (χ1v) is 6.77. The van der Waals surface area contributed by atoms with Crippen LogP contribution in [-0.2, 0) is 16.1 Å². The summed E-state index contributed by atoms with van der Waals surface area (Å²) in [6, 6.07) is 7.05. The molecule has 1 aliphatic rings. The van der Waals surface area contributed by atoms with Crippen LogP contribution in [0.2, 0.25) is 0 Å². The zero-order chi connectivity index (χ0) is 14.5. The lowest BCUT2D eigenvalue weighted by molar-refractivity contribution is -0.125. The third kappa shape index (κ3) is 3.36. The van der Waals surface area contributed by atoms with Crippen molar-refractivity contribution in [2.75, 3.05) is 20.2 Å². The number of rotatable bonds is 4. The molecule has 1 amide bonds. The normalized spacial score (nSPS) is 21.5. The van der Waals surface area contributed by atoms with E-state index < -0.39 is 0 Å². The van der Waals surface area contributed by atoms with Crippen molar-refractivity contribution in [3.8, 4) is 0 Å². The molecule has 2 rings (SSSR count). The number of ether oxygens (including phenoxy) is 1. The molecule has 5 heteroatoms. The molecule has 2 atom stereocenters. The number of esters is 1. The van der Waals surface area contributed by atoms with E-state index in [-0.39, 0.29) is 17.8 Å². The van der Waals surface area contributed by atoms with E-state index in [2.05, 4.69) is 22.3 Å². The fourth-order valence-corrected chi connectivity index (χ4v) is 2.36. The maximum absolute atomic E-state index is 12.0. The molecule has 0 saturated carbocycles. The molecule has 0 aliphatic carbocycles. The summed E-state index contributed by atoms with van der Waals surface area (Å²) < 4.78 is 4.64. The Balaban J connectivity index is 1.87. The molecule has 0 unspecified atom stereocenters. The fraction of sp³-hybridized carbons (Fsp3) is 0.467. The first-order valence-electron chi connectivity index (χ1n) is 6.77. The van der Waals surface area contributed by atoms with Gasteiger partial charge in [-0.05, 0) is 30.2 Å². The molecule has 1 aromatic carbocycles. The number of carbonyl (C=O) groups excluding carboxylic acids is 2. The van der Waals surface area contributed by atoms with Crippen molar-refractivity contribution in [1.29, 1.82) is 0 Å². The fourth-order valence-electron chi connectivity index (χ4n) is 2.36. The number of carbonyl (C=O) groups is 2. The van der Waals surface area contributed by atoms with E-state index >= 15 is 0 Å². The minimum absolute atomic E-state index is 0.0457. The summed E-state index contributed by atoms with van der Waals surface area (Å²) in [6.07, 6.45) is 0. The van der Waals surface area contributed by atoms with E-state index in [1.165, 1.54) is 7.11 Å². The molecule has 1 aliphatic heterocycles. The standard InChI is InChI=1S/C15H20N2O3/c1-10-7-16-9-13(10)14(18)17-8-11-3-5-12(6-4-11)15(19)20-2/h3-6,10,13,16H,7-9H2,1-2H3,(H,17,18)/t10-,13-/m1/s1. The minimum Gasteiger partial charge on any atom is -0.465 e. The van der Waals surface area contributed by atoms with E-state index in [9.17, 15) is 9.59 Å². The zero-order valence-electron chi connectivity index (χ0n) is 11.8. The summed E-state index contributed by atoms with van der Waals surface area (Å²) >= 11 is 0. The Morgan fingerprint density at radius 2 is 2.00 bits per heavy atom. The van der Waals surface area contributed by atoms with Crippen LogP contribution in [0.15, 0.2) is 24.3 Å². The first-order chi connectivity index (χ1) is 9.61. The Morgan fingerprint density at radius 1 is 1.30 bits per heavy atom. The van der Waals surface area contributed by atoms with Crippen LogP contribution in [0, 0.1) is 11.8 Å². The highest BCUT2D eigenvalue weighted by Crippen LogP contribution is 2.16. The van der Waals surface area contributed by atoms with Crippen LogP contribution in [0.4, 0.5) is 0 Å². The van der Waals surface area contributed by atoms with Crippen LogP contribution >= 0.6 is 0 Å². The highest BCUT2D eigenvalue weighted by molar-refractivity contribution is 5.89. The van der Waals surface area contributed by atoms with Gasteiger partial charge in [-0.3, -0.25) is 4.79 Å². The van der Waals surface area contributed by atoms with Gasteiger partial charge in [-0.2, -0.15) is 0 Å². The van der Waals surface area contributed by atoms with Gasteiger partial charge in [-0.1, -0.05) is 19.1 Å². The maximum atomic E-state index is 12.0. The topological polar surface area (TPSA) is 67.4 Å². The molecule has 1 saturated heterocycles. The second-order valence-electron chi connectivity index (χ2n) is 5.15. The van der Waals surface area contributed by atoms with E-state index in [0.717, 1.165) is 18.7 Å². The Labute approximate surface area is 118 Å². The van der Waals surface area contributed by atoms with Gasteiger partial charge in [-0.25, -0.2) is 4.79 Å². The monoisotopic (exact) mass is 276 g/mol. The lowest BCUT2D eigenvalue weighted by Gasteiger charge is -2.14. The van der Waals surface area contributed by atoms with Crippen LogP contribution in [0.5, 0.6) is 0 Å². The van der Waals surface area contributed by atoms with Gasteiger partial charge in [0.05, 0.1) is 18.6 Å². The van der Waals surface area contributed by atoms with Crippen LogP contribution in [0.25, 0.3) is 0 Å². The first kappa shape index (κ1) is 14.5. The highest BCUT2D eigenvalue weighted by Gasteiger charge is 2.29. The predicted octanol–water partition coefficient (Wildman–Crippen LogP) is 0.945. The van der Waals surface area contributed by atoms with Crippen molar-refractivity contribution in [3.63, 3.8) is 0 Å². The molecule has 1 heterocycles. The second kappa shape index (κ2) is 6.52. The maximum Gasteiger partial charge on any atom is 0.337 e. The molecule has 108 valence electrons. The van der Waals surface area contributed by atoms with Gasteiger partial charge in [0, 0.05) is 13.1 Å². The molecule has 0 spiro atoms. The molecule has 1 aromatic rings. The number of nitrogens with one attached hydrogen (secondary N) is 2. The highest BCUT2D eigenvalue weighted by atomic mass is 16.5. The zero-order valence-corrected chi connectivity index (χ0v) is 11.8. The Bertz CT molecular complexity index is 484. The van der Waals surface area contributed by atoms with E-state index in [1.54, 1.807) is 12.1 Å². The Kier molecular flexibility index (Phi) is 4.74. The molecule has 1 fully saturated rings. The molecular weight excluding hydrogens is 256 g/mol. The third-order valence-electron chi connectivity index (χ3n) is 3.70. The number of hydrogen-bond acceptors (Lipinski definition) is 4. The van der Waals surface area contributed by atoms with Gasteiger partial charge in [0.2, 0.25) is 5.91 Å². The summed E-state index contributed by atoms with van der Waals surface area (Å²) in [5.41, 5.74) is 1.47. The molecule has 0 bridgehead atoms. The summed E-state index contributed by atoms with van der Waals surface area (Å²) in [5.74, 6) is 0.145. The van der Waals surface area contributed by atoms with Crippen LogP contribution in [0.1, 0.15) is 22.8 Å². The SMILES string of the molecule is COC(=O)c1ccc(CNC(=O)[C@@H]2CNC[C@H]2C)cc1. The number of hydrogen-bond donors (Lipinski definition) is 2. The number of methoxy groups -OCH3 is 1. The molecule has 5 nitrogen and oxygen atoms in total.